The second-order valence-electron chi connectivity index (χ2n) is 8.04. The molecule has 4 aromatic rings. The van der Waals surface area contributed by atoms with Gasteiger partial charge in [-0.25, -0.2) is 4.98 Å². The molecule has 1 saturated heterocycles. The minimum Gasteiger partial charge on any atom is -0.312 e. The summed E-state index contributed by atoms with van der Waals surface area (Å²) in [7, 11) is 0. The zero-order chi connectivity index (χ0) is 22.9. The summed E-state index contributed by atoms with van der Waals surface area (Å²) in [5, 5.41) is 1.24. The van der Waals surface area contributed by atoms with Crippen molar-refractivity contribution in [2.24, 2.45) is 5.92 Å². The average molecular weight is 477 g/mol. The Morgan fingerprint density at radius 2 is 2.00 bits per heavy atom. The molecule has 0 bridgehead atoms. The first kappa shape index (κ1) is 21.6. The molecule has 0 N–H and O–H groups in total. The number of thiazole rings is 1. The Hall–Kier alpha value is -3.29. The van der Waals surface area contributed by atoms with Gasteiger partial charge in [-0.05, 0) is 48.4 Å². The molecule has 5 rings (SSSR count). The van der Waals surface area contributed by atoms with E-state index < -0.39 is 5.92 Å². The van der Waals surface area contributed by atoms with Gasteiger partial charge >= 0.3 is 0 Å². The van der Waals surface area contributed by atoms with Crippen LogP contribution in [-0.2, 0) is 16.1 Å². The quantitative estimate of drug-likeness (QED) is 0.395. The number of aromatic nitrogens is 2. The van der Waals surface area contributed by atoms with Crippen molar-refractivity contribution in [2.75, 3.05) is 16.3 Å². The monoisotopic (exact) mass is 476 g/mol. The lowest BCUT2D eigenvalue weighted by molar-refractivity contribution is -0.124. The number of rotatable bonds is 5. The topological polar surface area (TPSA) is 66.4 Å². The highest BCUT2D eigenvalue weighted by atomic mass is 35.5. The molecule has 3 heterocycles. The first-order chi connectivity index (χ1) is 16.0. The largest absolute Gasteiger partial charge is 0.312 e. The lowest BCUT2D eigenvalue weighted by atomic mass is 10.1. The predicted octanol–water partition coefficient (Wildman–Crippen LogP) is 5.24. The second kappa shape index (κ2) is 8.92. The molecule has 0 aliphatic carbocycles. The summed E-state index contributed by atoms with van der Waals surface area (Å²) < 4.78 is 0.962. The number of fused-ring (bicyclic) bond motifs is 1. The fourth-order valence-corrected chi connectivity index (χ4v) is 5.25. The Balaban J connectivity index is 1.49. The van der Waals surface area contributed by atoms with Crippen molar-refractivity contribution < 1.29 is 9.59 Å². The smallest absolute Gasteiger partial charge is 0.234 e. The van der Waals surface area contributed by atoms with E-state index in [-0.39, 0.29) is 18.2 Å². The third-order valence-corrected chi connectivity index (χ3v) is 7.29. The van der Waals surface area contributed by atoms with E-state index in [9.17, 15) is 9.59 Å². The van der Waals surface area contributed by atoms with E-state index >= 15 is 0 Å². The van der Waals surface area contributed by atoms with Gasteiger partial charge in [-0.15, -0.1) is 0 Å². The zero-order valence-electron chi connectivity index (χ0n) is 17.9. The Morgan fingerprint density at radius 3 is 2.76 bits per heavy atom. The summed E-state index contributed by atoms with van der Waals surface area (Å²) in [6.07, 6.45) is 3.62. The Kier molecular flexibility index (Phi) is 5.83. The van der Waals surface area contributed by atoms with Crippen molar-refractivity contribution in [1.29, 1.82) is 0 Å². The number of aryl methyl sites for hydroxylation is 1. The normalized spacial score (nSPS) is 15.9. The van der Waals surface area contributed by atoms with Gasteiger partial charge in [0, 0.05) is 36.1 Å². The molecule has 2 aromatic carbocycles. The van der Waals surface area contributed by atoms with Crippen LogP contribution in [0.1, 0.15) is 17.5 Å². The number of hydrogen-bond donors (Lipinski definition) is 0. The van der Waals surface area contributed by atoms with Crippen LogP contribution in [0, 0.1) is 12.8 Å². The maximum Gasteiger partial charge on any atom is 0.234 e. The number of nitrogens with zero attached hydrogens (tertiary/aromatic N) is 4. The minimum atomic E-state index is -0.453. The van der Waals surface area contributed by atoms with Crippen LogP contribution in [-0.4, -0.2) is 28.3 Å². The maximum absolute atomic E-state index is 13.8. The molecule has 1 fully saturated rings. The van der Waals surface area contributed by atoms with Crippen LogP contribution in [0.3, 0.4) is 0 Å². The molecule has 166 valence electrons. The van der Waals surface area contributed by atoms with Gasteiger partial charge in [0.15, 0.2) is 5.13 Å². The van der Waals surface area contributed by atoms with Crippen molar-refractivity contribution in [3.63, 3.8) is 0 Å². The summed E-state index contributed by atoms with van der Waals surface area (Å²) in [6, 6.07) is 17.0. The minimum absolute atomic E-state index is 0.0483. The molecule has 2 aromatic heterocycles. The standard InChI is InChI=1S/C25H21ClN4O2S/c1-16-20(26)9-10-21-23(16)28-25(33-21)30(14-17-6-5-11-27-13-17)24(32)18-12-22(31)29(15-18)19-7-3-2-4-8-19/h2-11,13,18H,12,14-15H2,1H3. The number of halogens is 1. The lowest BCUT2D eigenvalue weighted by Gasteiger charge is -2.23. The number of hydrogen-bond acceptors (Lipinski definition) is 5. The van der Waals surface area contributed by atoms with Gasteiger partial charge in [-0.3, -0.25) is 19.5 Å². The molecule has 1 unspecified atom stereocenters. The van der Waals surface area contributed by atoms with E-state index in [2.05, 4.69) is 4.98 Å². The number of benzene rings is 2. The first-order valence-corrected chi connectivity index (χ1v) is 11.8. The van der Waals surface area contributed by atoms with Crippen molar-refractivity contribution >= 4 is 55.8 Å². The molecular weight excluding hydrogens is 456 g/mol. The predicted molar refractivity (Wildman–Crippen MR) is 132 cm³/mol. The van der Waals surface area contributed by atoms with E-state index in [1.807, 2.05) is 61.5 Å². The summed E-state index contributed by atoms with van der Waals surface area (Å²) in [5.74, 6) is -0.618. The number of amides is 2. The van der Waals surface area contributed by atoms with Crippen molar-refractivity contribution in [2.45, 2.75) is 19.9 Å². The number of carbonyl (C=O) groups is 2. The molecule has 8 heteroatoms. The molecule has 2 amide bonds. The van der Waals surface area contributed by atoms with E-state index in [1.54, 1.807) is 22.2 Å². The van der Waals surface area contributed by atoms with Crippen LogP contribution in [0.2, 0.25) is 5.02 Å². The fraction of sp³-hybridized carbons (Fsp3) is 0.200. The highest BCUT2D eigenvalue weighted by Crippen LogP contribution is 2.36. The Bertz CT molecular complexity index is 1330. The third kappa shape index (κ3) is 4.21. The molecule has 1 aliphatic heterocycles. The van der Waals surface area contributed by atoms with Gasteiger partial charge < -0.3 is 4.90 Å². The molecule has 0 spiro atoms. The number of pyridine rings is 1. The highest BCUT2D eigenvalue weighted by Gasteiger charge is 2.38. The number of anilines is 2. The fourth-order valence-electron chi connectivity index (χ4n) is 4.07. The zero-order valence-corrected chi connectivity index (χ0v) is 19.5. The van der Waals surface area contributed by atoms with Gasteiger partial charge in [0.25, 0.3) is 0 Å². The van der Waals surface area contributed by atoms with Crippen molar-refractivity contribution in [3.05, 3.63) is 83.1 Å². The van der Waals surface area contributed by atoms with Crippen molar-refractivity contribution in [3.8, 4) is 0 Å². The maximum atomic E-state index is 13.8. The van der Waals surface area contributed by atoms with Crippen LogP contribution >= 0.6 is 22.9 Å². The number of para-hydroxylation sites is 1. The lowest BCUT2D eigenvalue weighted by Crippen LogP contribution is -2.37. The van der Waals surface area contributed by atoms with Crippen LogP contribution in [0.25, 0.3) is 10.2 Å². The van der Waals surface area contributed by atoms with Crippen LogP contribution in [0.15, 0.2) is 67.0 Å². The molecular formula is C25H21ClN4O2S. The Morgan fingerprint density at radius 1 is 1.18 bits per heavy atom. The molecule has 0 saturated carbocycles. The summed E-state index contributed by atoms with van der Waals surface area (Å²) in [6.45, 7) is 2.60. The second-order valence-corrected chi connectivity index (χ2v) is 9.46. The molecule has 6 nitrogen and oxygen atoms in total. The van der Waals surface area contributed by atoms with E-state index in [4.69, 9.17) is 16.6 Å². The van der Waals surface area contributed by atoms with Crippen LogP contribution < -0.4 is 9.80 Å². The first-order valence-electron chi connectivity index (χ1n) is 10.6. The molecule has 0 radical (unpaired) electrons. The van der Waals surface area contributed by atoms with Gasteiger partial charge in [-0.2, -0.15) is 0 Å². The SMILES string of the molecule is Cc1c(Cl)ccc2sc(N(Cc3cccnc3)C(=O)C3CC(=O)N(c4ccccc4)C3)nc12. The number of carbonyl (C=O) groups excluding carboxylic acids is 2. The van der Waals surface area contributed by atoms with Gasteiger partial charge in [0.2, 0.25) is 11.8 Å². The van der Waals surface area contributed by atoms with E-state index in [0.29, 0.717) is 23.2 Å². The summed E-state index contributed by atoms with van der Waals surface area (Å²) >= 11 is 7.74. The molecule has 1 atom stereocenters. The van der Waals surface area contributed by atoms with Crippen LogP contribution in [0.4, 0.5) is 10.8 Å². The van der Waals surface area contributed by atoms with Crippen molar-refractivity contribution in [1.82, 2.24) is 9.97 Å². The van der Waals surface area contributed by atoms with E-state index in [1.165, 1.54) is 11.3 Å². The van der Waals surface area contributed by atoms with Gasteiger partial charge in [0.1, 0.15) is 0 Å². The Labute approximate surface area is 200 Å². The molecule has 1 aliphatic rings. The van der Waals surface area contributed by atoms with Crippen LogP contribution in [0.5, 0.6) is 0 Å². The summed E-state index contributed by atoms with van der Waals surface area (Å²) in [5.41, 5.74) is 3.38. The highest BCUT2D eigenvalue weighted by molar-refractivity contribution is 7.22. The summed E-state index contributed by atoms with van der Waals surface area (Å²) in [4.78, 5) is 38.9. The third-order valence-electron chi connectivity index (χ3n) is 5.84. The van der Waals surface area contributed by atoms with Gasteiger partial charge in [0.05, 0.1) is 22.7 Å². The van der Waals surface area contributed by atoms with E-state index in [0.717, 1.165) is 27.0 Å². The molecule has 33 heavy (non-hydrogen) atoms. The van der Waals surface area contributed by atoms with Gasteiger partial charge in [-0.1, -0.05) is 47.2 Å². The average Bonchev–Trinajstić information content (AvgIpc) is 3.45.